The highest BCUT2D eigenvalue weighted by atomic mass is 16.6. The highest BCUT2D eigenvalue weighted by Gasteiger charge is 2.62. The summed E-state index contributed by atoms with van der Waals surface area (Å²) >= 11 is 0. The molecule has 7 nitrogen and oxygen atoms in total. The number of esters is 1. The number of para-hydroxylation sites is 1. The van der Waals surface area contributed by atoms with Crippen LogP contribution >= 0.6 is 0 Å². The van der Waals surface area contributed by atoms with Gasteiger partial charge in [-0.15, -0.1) is 0 Å². The number of ether oxygens (including phenoxy) is 2. The van der Waals surface area contributed by atoms with Gasteiger partial charge in [0, 0.05) is 17.7 Å². The van der Waals surface area contributed by atoms with E-state index < -0.39 is 18.0 Å². The zero-order chi connectivity index (χ0) is 23.3. The molecule has 4 rings (SSSR count). The van der Waals surface area contributed by atoms with Crippen molar-refractivity contribution in [1.82, 2.24) is 0 Å². The SMILES string of the molecule is CC1(C)C(/C=N/OCc2ccco2)C1C(=O)OC(C#N)c1cccc(Oc2ccccc2)c1. The van der Waals surface area contributed by atoms with Gasteiger partial charge in [0.1, 0.15) is 23.3 Å². The summed E-state index contributed by atoms with van der Waals surface area (Å²) in [5, 5.41) is 13.6. The van der Waals surface area contributed by atoms with Crippen LogP contribution in [0.15, 0.2) is 82.6 Å². The van der Waals surface area contributed by atoms with E-state index >= 15 is 0 Å². The predicted molar refractivity (Wildman–Crippen MR) is 120 cm³/mol. The summed E-state index contributed by atoms with van der Waals surface area (Å²) in [4.78, 5) is 18.1. The lowest BCUT2D eigenvalue weighted by Crippen LogP contribution is -2.14. The Morgan fingerprint density at radius 3 is 2.67 bits per heavy atom. The molecule has 3 unspecified atom stereocenters. The second-order valence-electron chi connectivity index (χ2n) is 8.37. The van der Waals surface area contributed by atoms with Gasteiger partial charge < -0.3 is 18.7 Å². The lowest BCUT2D eigenvalue weighted by atomic mass is 10.1. The van der Waals surface area contributed by atoms with Crippen LogP contribution in [0.25, 0.3) is 0 Å². The highest BCUT2D eigenvalue weighted by molar-refractivity contribution is 5.85. The highest BCUT2D eigenvalue weighted by Crippen LogP contribution is 2.58. The van der Waals surface area contributed by atoms with E-state index in [0.29, 0.717) is 22.8 Å². The van der Waals surface area contributed by atoms with Crippen LogP contribution in [0.5, 0.6) is 11.5 Å². The number of carbonyl (C=O) groups is 1. The monoisotopic (exact) mass is 444 g/mol. The van der Waals surface area contributed by atoms with Gasteiger partial charge in [-0.25, -0.2) is 0 Å². The van der Waals surface area contributed by atoms with Crippen molar-refractivity contribution in [3.8, 4) is 17.6 Å². The van der Waals surface area contributed by atoms with E-state index in [4.69, 9.17) is 18.7 Å². The average Bonchev–Trinajstić information content (AvgIpc) is 3.13. The van der Waals surface area contributed by atoms with Crippen molar-refractivity contribution in [2.24, 2.45) is 22.4 Å². The molecule has 33 heavy (non-hydrogen) atoms. The van der Waals surface area contributed by atoms with Crippen LogP contribution in [-0.4, -0.2) is 12.2 Å². The fourth-order valence-corrected chi connectivity index (χ4v) is 3.73. The Labute approximate surface area is 192 Å². The minimum absolute atomic E-state index is 0.145. The van der Waals surface area contributed by atoms with Crippen molar-refractivity contribution in [3.63, 3.8) is 0 Å². The topological polar surface area (TPSA) is 94.0 Å². The Hall–Kier alpha value is -4.05. The van der Waals surface area contributed by atoms with E-state index in [1.165, 1.54) is 0 Å². The smallest absolute Gasteiger partial charge is 0.311 e. The number of oxime groups is 1. The molecule has 1 saturated carbocycles. The third-order valence-corrected chi connectivity index (χ3v) is 5.74. The minimum atomic E-state index is -1.04. The van der Waals surface area contributed by atoms with Crippen LogP contribution in [0.4, 0.5) is 0 Å². The van der Waals surface area contributed by atoms with Crippen molar-refractivity contribution in [1.29, 1.82) is 5.26 Å². The average molecular weight is 444 g/mol. The molecule has 3 atom stereocenters. The number of nitrogens with zero attached hydrogens (tertiary/aromatic N) is 2. The van der Waals surface area contributed by atoms with Crippen molar-refractivity contribution in [2.75, 3.05) is 0 Å². The van der Waals surface area contributed by atoms with Crippen LogP contribution in [0.3, 0.4) is 0 Å². The third kappa shape index (κ3) is 5.24. The zero-order valence-corrected chi connectivity index (χ0v) is 18.4. The number of benzene rings is 2. The molecule has 1 fully saturated rings. The fourth-order valence-electron chi connectivity index (χ4n) is 3.73. The normalized spacial score (nSPS) is 19.4. The summed E-state index contributed by atoms with van der Waals surface area (Å²) in [6.07, 6.45) is 2.14. The molecule has 0 saturated heterocycles. The Morgan fingerprint density at radius 2 is 1.94 bits per heavy atom. The Bertz CT molecular complexity index is 1150. The molecule has 1 aromatic heterocycles. The van der Waals surface area contributed by atoms with Gasteiger partial charge in [0.2, 0.25) is 6.10 Å². The summed E-state index contributed by atoms with van der Waals surface area (Å²) < 4.78 is 16.6. The van der Waals surface area contributed by atoms with Gasteiger partial charge in [-0.3, -0.25) is 4.79 Å². The zero-order valence-electron chi connectivity index (χ0n) is 18.4. The summed E-state index contributed by atoms with van der Waals surface area (Å²) in [6.45, 7) is 4.12. The molecule has 0 aliphatic heterocycles. The molecule has 3 aromatic rings. The molecule has 168 valence electrons. The largest absolute Gasteiger partial charge is 0.466 e. The molecule has 0 radical (unpaired) electrons. The number of hydrogen-bond acceptors (Lipinski definition) is 7. The minimum Gasteiger partial charge on any atom is -0.466 e. The number of furan rings is 1. The Morgan fingerprint density at radius 1 is 1.15 bits per heavy atom. The first-order valence-electron chi connectivity index (χ1n) is 10.6. The van der Waals surface area contributed by atoms with E-state index in [-0.39, 0.29) is 17.9 Å². The maximum absolute atomic E-state index is 12.8. The maximum atomic E-state index is 12.8. The van der Waals surface area contributed by atoms with E-state index in [2.05, 4.69) is 11.2 Å². The van der Waals surface area contributed by atoms with E-state index in [0.717, 1.165) is 0 Å². The van der Waals surface area contributed by atoms with E-state index in [1.54, 1.807) is 48.9 Å². The summed E-state index contributed by atoms with van der Waals surface area (Å²) in [5.74, 6) is 0.899. The molecule has 0 amide bonds. The molecule has 1 aliphatic carbocycles. The quantitative estimate of drug-likeness (QED) is 0.240. The summed E-state index contributed by atoms with van der Waals surface area (Å²) in [7, 11) is 0. The van der Waals surface area contributed by atoms with Gasteiger partial charge in [0.25, 0.3) is 0 Å². The van der Waals surface area contributed by atoms with Crippen molar-refractivity contribution < 1.29 is 23.5 Å². The van der Waals surface area contributed by atoms with Gasteiger partial charge in [0.15, 0.2) is 6.61 Å². The van der Waals surface area contributed by atoms with Crippen molar-refractivity contribution in [2.45, 2.75) is 26.6 Å². The van der Waals surface area contributed by atoms with Gasteiger partial charge in [0.05, 0.1) is 12.2 Å². The molecule has 2 aromatic carbocycles. The summed E-state index contributed by atoms with van der Waals surface area (Å²) in [5.41, 5.74) is 0.206. The van der Waals surface area contributed by atoms with Crippen LogP contribution in [-0.2, 0) is 21.0 Å². The first-order chi connectivity index (χ1) is 16.0. The van der Waals surface area contributed by atoms with Gasteiger partial charge >= 0.3 is 5.97 Å². The van der Waals surface area contributed by atoms with Gasteiger partial charge in [-0.2, -0.15) is 5.26 Å². The number of nitriles is 1. The maximum Gasteiger partial charge on any atom is 0.311 e. The molecule has 0 spiro atoms. The van der Waals surface area contributed by atoms with Crippen LogP contribution in [0, 0.1) is 28.6 Å². The standard InChI is InChI=1S/C26H24N2O5/c1-26(2)22(16-28-31-17-21-12-7-13-30-21)24(26)25(29)33-23(15-27)18-8-6-11-20(14-18)32-19-9-4-3-5-10-19/h3-14,16,22-24H,17H2,1-2H3/b28-16+. The number of rotatable bonds is 9. The lowest BCUT2D eigenvalue weighted by Gasteiger charge is -2.13. The molecule has 7 heteroatoms. The third-order valence-electron chi connectivity index (χ3n) is 5.74. The Kier molecular flexibility index (Phi) is 6.45. The van der Waals surface area contributed by atoms with Gasteiger partial charge in [-0.1, -0.05) is 49.3 Å². The number of hydrogen-bond donors (Lipinski definition) is 0. The second-order valence-corrected chi connectivity index (χ2v) is 8.37. The second kappa shape index (κ2) is 9.61. The summed E-state index contributed by atoms with van der Waals surface area (Å²) in [6, 6.07) is 21.9. The van der Waals surface area contributed by atoms with E-state index in [1.807, 2.05) is 44.2 Å². The van der Waals surface area contributed by atoms with Crippen LogP contribution in [0.1, 0.15) is 31.3 Å². The van der Waals surface area contributed by atoms with Gasteiger partial charge in [-0.05, 0) is 41.8 Å². The molecular formula is C26H24N2O5. The first-order valence-corrected chi connectivity index (χ1v) is 10.6. The molecule has 1 aliphatic rings. The fraction of sp³-hybridized carbons (Fsp3) is 0.269. The number of carbonyl (C=O) groups excluding carboxylic acids is 1. The van der Waals surface area contributed by atoms with Crippen LogP contribution in [0.2, 0.25) is 0 Å². The molecular weight excluding hydrogens is 420 g/mol. The van der Waals surface area contributed by atoms with Crippen molar-refractivity contribution in [3.05, 3.63) is 84.3 Å². The van der Waals surface area contributed by atoms with Crippen LogP contribution < -0.4 is 4.74 Å². The molecule has 1 heterocycles. The van der Waals surface area contributed by atoms with Crippen molar-refractivity contribution >= 4 is 12.2 Å². The molecule has 0 N–H and O–H groups in total. The molecule has 0 bridgehead atoms. The Balaban J connectivity index is 1.36. The first kappa shape index (κ1) is 22.2. The predicted octanol–water partition coefficient (Wildman–Crippen LogP) is 5.65. The lowest BCUT2D eigenvalue weighted by molar-refractivity contribution is -0.149. The van der Waals surface area contributed by atoms with E-state index in [9.17, 15) is 10.1 Å².